The van der Waals surface area contributed by atoms with Crippen LogP contribution in [-0.4, -0.2) is 55.5 Å². The van der Waals surface area contributed by atoms with Crippen molar-refractivity contribution < 1.29 is 9.59 Å². The third kappa shape index (κ3) is 8.05. The molecule has 0 spiro atoms. The standard InChI is InChI=1S/C36H42N4O2/c1-37-21-8-7-13-34-36(42)40(26-28-16-19-30-11-5-6-12-32(30)23-28)22-20-33(39-34)25-38-35(41)24-27-14-17-31(18-15-27)29-9-3-2-4-10-29/h2-6,9-12,14-19,23,33-34,37,39H,7-8,13,20-22,24-26H2,1H3,(H,38,41). The Kier molecular flexibility index (Phi) is 10.4. The number of carbonyl (C=O) groups excluding carboxylic acids is 2. The molecule has 1 aliphatic rings. The largest absolute Gasteiger partial charge is 0.354 e. The number of fused-ring (bicyclic) bond motifs is 1. The summed E-state index contributed by atoms with van der Waals surface area (Å²) in [5.74, 6) is 0.151. The summed E-state index contributed by atoms with van der Waals surface area (Å²) in [6.07, 6.45) is 3.90. The van der Waals surface area contributed by atoms with E-state index in [1.54, 1.807) is 0 Å². The molecule has 6 nitrogen and oxygen atoms in total. The van der Waals surface area contributed by atoms with Crippen LogP contribution in [0.25, 0.3) is 21.9 Å². The molecular weight excluding hydrogens is 520 g/mol. The molecule has 218 valence electrons. The Balaban J connectivity index is 1.19. The summed E-state index contributed by atoms with van der Waals surface area (Å²) in [7, 11) is 1.96. The highest BCUT2D eigenvalue weighted by Gasteiger charge is 2.30. The van der Waals surface area contributed by atoms with Crippen LogP contribution in [0, 0.1) is 0 Å². The fraction of sp³-hybridized carbons (Fsp3) is 0.333. The maximum Gasteiger partial charge on any atom is 0.240 e. The molecule has 1 heterocycles. The van der Waals surface area contributed by atoms with Crippen LogP contribution < -0.4 is 16.0 Å². The predicted molar refractivity (Wildman–Crippen MR) is 171 cm³/mol. The first kappa shape index (κ1) is 29.5. The van der Waals surface area contributed by atoms with Crippen molar-refractivity contribution in [3.8, 4) is 11.1 Å². The fourth-order valence-electron chi connectivity index (χ4n) is 5.74. The smallest absolute Gasteiger partial charge is 0.240 e. The lowest BCUT2D eigenvalue weighted by molar-refractivity contribution is -0.133. The second kappa shape index (κ2) is 14.8. The number of nitrogens with one attached hydrogen (secondary N) is 3. The zero-order valence-electron chi connectivity index (χ0n) is 24.5. The Labute approximate surface area is 249 Å². The van der Waals surface area contributed by atoms with Crippen LogP contribution in [0.2, 0.25) is 0 Å². The highest BCUT2D eigenvalue weighted by molar-refractivity contribution is 5.84. The minimum atomic E-state index is -0.253. The van der Waals surface area contributed by atoms with Gasteiger partial charge in [-0.1, -0.05) is 97.4 Å². The number of unbranched alkanes of at least 4 members (excludes halogenated alkanes) is 1. The van der Waals surface area contributed by atoms with Gasteiger partial charge in [0.25, 0.3) is 0 Å². The van der Waals surface area contributed by atoms with E-state index in [4.69, 9.17) is 0 Å². The topological polar surface area (TPSA) is 73.5 Å². The summed E-state index contributed by atoms with van der Waals surface area (Å²) in [6.45, 7) is 2.70. The maximum absolute atomic E-state index is 13.7. The minimum absolute atomic E-state index is 0.00146. The zero-order chi connectivity index (χ0) is 29.1. The average Bonchev–Trinajstić information content (AvgIpc) is 3.17. The number of carbonyl (C=O) groups is 2. The van der Waals surface area contributed by atoms with Crippen molar-refractivity contribution in [1.82, 2.24) is 20.9 Å². The van der Waals surface area contributed by atoms with Gasteiger partial charge in [0.15, 0.2) is 0 Å². The molecule has 0 aromatic heterocycles. The molecule has 42 heavy (non-hydrogen) atoms. The number of hydrogen-bond acceptors (Lipinski definition) is 4. The van der Waals surface area contributed by atoms with Crippen molar-refractivity contribution in [3.05, 3.63) is 108 Å². The second-order valence-corrected chi connectivity index (χ2v) is 11.3. The van der Waals surface area contributed by atoms with E-state index < -0.39 is 0 Å². The van der Waals surface area contributed by atoms with Gasteiger partial charge in [0.2, 0.25) is 11.8 Å². The third-order valence-electron chi connectivity index (χ3n) is 8.12. The van der Waals surface area contributed by atoms with Gasteiger partial charge in [-0.25, -0.2) is 0 Å². The van der Waals surface area contributed by atoms with Gasteiger partial charge in [0.05, 0.1) is 12.5 Å². The SMILES string of the molecule is CNCCCCC1NC(CNC(=O)Cc2ccc(-c3ccccc3)cc2)CCN(Cc2ccc3ccccc3c2)C1=O. The lowest BCUT2D eigenvalue weighted by atomic mass is 10.0. The van der Waals surface area contributed by atoms with Crippen LogP contribution in [0.5, 0.6) is 0 Å². The Bertz CT molecular complexity index is 1450. The summed E-state index contributed by atoms with van der Waals surface area (Å²) in [5, 5.41) is 12.3. The monoisotopic (exact) mass is 562 g/mol. The van der Waals surface area contributed by atoms with Crippen molar-refractivity contribution in [1.29, 1.82) is 0 Å². The number of benzene rings is 4. The van der Waals surface area contributed by atoms with E-state index in [1.165, 1.54) is 10.8 Å². The van der Waals surface area contributed by atoms with Crippen molar-refractivity contribution >= 4 is 22.6 Å². The highest BCUT2D eigenvalue weighted by Crippen LogP contribution is 2.21. The molecule has 2 unspecified atom stereocenters. The molecule has 1 aliphatic heterocycles. The highest BCUT2D eigenvalue weighted by atomic mass is 16.2. The number of nitrogens with zero attached hydrogens (tertiary/aromatic N) is 1. The van der Waals surface area contributed by atoms with E-state index in [2.05, 4.69) is 70.5 Å². The molecular formula is C36H42N4O2. The second-order valence-electron chi connectivity index (χ2n) is 11.3. The van der Waals surface area contributed by atoms with Gasteiger partial charge in [-0.15, -0.1) is 0 Å². The number of amides is 2. The van der Waals surface area contributed by atoms with E-state index in [-0.39, 0.29) is 23.9 Å². The van der Waals surface area contributed by atoms with Gasteiger partial charge in [0.1, 0.15) is 0 Å². The van der Waals surface area contributed by atoms with Crippen LogP contribution in [0.1, 0.15) is 36.8 Å². The fourth-order valence-corrected chi connectivity index (χ4v) is 5.74. The van der Waals surface area contributed by atoms with Crippen LogP contribution in [-0.2, 0) is 22.6 Å². The Hall–Kier alpha value is -4.00. The molecule has 4 aromatic carbocycles. The predicted octanol–water partition coefficient (Wildman–Crippen LogP) is 5.31. The van der Waals surface area contributed by atoms with Crippen molar-refractivity contribution in [2.45, 2.75) is 50.7 Å². The minimum Gasteiger partial charge on any atom is -0.354 e. The molecule has 4 aromatic rings. The van der Waals surface area contributed by atoms with Crippen LogP contribution in [0.15, 0.2) is 97.1 Å². The van der Waals surface area contributed by atoms with Gasteiger partial charge < -0.3 is 20.9 Å². The molecule has 0 bridgehead atoms. The van der Waals surface area contributed by atoms with Crippen LogP contribution in [0.4, 0.5) is 0 Å². The third-order valence-corrected chi connectivity index (χ3v) is 8.12. The van der Waals surface area contributed by atoms with Crippen molar-refractivity contribution in [2.75, 3.05) is 26.7 Å². The van der Waals surface area contributed by atoms with Gasteiger partial charge >= 0.3 is 0 Å². The summed E-state index contributed by atoms with van der Waals surface area (Å²) in [6, 6.07) is 33.0. The van der Waals surface area contributed by atoms with E-state index in [1.807, 2.05) is 54.4 Å². The van der Waals surface area contributed by atoms with E-state index in [9.17, 15) is 9.59 Å². The zero-order valence-corrected chi connectivity index (χ0v) is 24.5. The first-order chi connectivity index (χ1) is 20.6. The van der Waals surface area contributed by atoms with Crippen LogP contribution in [0.3, 0.4) is 0 Å². The van der Waals surface area contributed by atoms with Gasteiger partial charge in [-0.2, -0.15) is 0 Å². The van der Waals surface area contributed by atoms with Crippen molar-refractivity contribution in [2.24, 2.45) is 0 Å². The molecule has 1 fully saturated rings. The molecule has 0 aliphatic carbocycles. The maximum atomic E-state index is 13.7. The molecule has 2 atom stereocenters. The Morgan fingerprint density at radius 1 is 0.857 bits per heavy atom. The molecule has 6 heteroatoms. The van der Waals surface area contributed by atoms with E-state index in [0.29, 0.717) is 26.1 Å². The average molecular weight is 563 g/mol. The van der Waals surface area contributed by atoms with E-state index in [0.717, 1.165) is 54.5 Å². The first-order valence-corrected chi connectivity index (χ1v) is 15.2. The van der Waals surface area contributed by atoms with E-state index >= 15 is 0 Å². The molecule has 0 saturated carbocycles. The Morgan fingerprint density at radius 2 is 1.57 bits per heavy atom. The molecule has 2 amide bonds. The molecule has 5 rings (SSSR count). The lowest BCUT2D eigenvalue weighted by Crippen LogP contribution is -2.48. The number of hydrogen-bond donors (Lipinski definition) is 3. The lowest BCUT2D eigenvalue weighted by Gasteiger charge is -2.25. The summed E-state index contributed by atoms with van der Waals surface area (Å²) in [4.78, 5) is 28.6. The Morgan fingerprint density at radius 3 is 2.36 bits per heavy atom. The van der Waals surface area contributed by atoms with Gasteiger partial charge in [-0.05, 0) is 71.9 Å². The van der Waals surface area contributed by atoms with Gasteiger partial charge in [-0.3, -0.25) is 9.59 Å². The summed E-state index contributed by atoms with van der Waals surface area (Å²) < 4.78 is 0. The molecule has 1 saturated heterocycles. The first-order valence-electron chi connectivity index (χ1n) is 15.2. The van der Waals surface area contributed by atoms with Crippen molar-refractivity contribution in [3.63, 3.8) is 0 Å². The van der Waals surface area contributed by atoms with Crippen LogP contribution >= 0.6 is 0 Å². The number of rotatable bonds is 12. The summed E-state index contributed by atoms with van der Waals surface area (Å²) in [5.41, 5.74) is 4.43. The quantitative estimate of drug-likeness (QED) is 0.205. The summed E-state index contributed by atoms with van der Waals surface area (Å²) >= 11 is 0. The normalized spacial score (nSPS) is 17.3. The van der Waals surface area contributed by atoms with Gasteiger partial charge in [0, 0.05) is 25.7 Å². The molecule has 0 radical (unpaired) electrons. The molecule has 3 N–H and O–H groups in total.